The van der Waals surface area contributed by atoms with Crippen LogP contribution in [0.3, 0.4) is 0 Å². The summed E-state index contributed by atoms with van der Waals surface area (Å²) in [6.07, 6.45) is 0. The van der Waals surface area contributed by atoms with Crippen LogP contribution in [0.1, 0.15) is 79.0 Å². The van der Waals surface area contributed by atoms with Crippen LogP contribution >= 0.6 is 0 Å². The Labute approximate surface area is 390 Å². The minimum Gasteiger partial charge on any atom is -0.375 e. The van der Waals surface area contributed by atoms with Crippen molar-refractivity contribution in [1.29, 1.82) is 0 Å². The molecule has 4 heteroatoms. The van der Waals surface area contributed by atoms with Crippen molar-refractivity contribution in [2.24, 2.45) is 0 Å². The smallest absolute Gasteiger partial charge is 0.333 e. The van der Waals surface area contributed by atoms with Crippen LogP contribution in [0.15, 0.2) is 176 Å². The van der Waals surface area contributed by atoms with E-state index in [1.54, 1.807) is 0 Å². The maximum Gasteiger partial charge on any atom is 0.333 e. The Morgan fingerprint density at radius 2 is 1.02 bits per heavy atom. The minimum atomic E-state index is -0.106. The van der Waals surface area contributed by atoms with E-state index in [1.807, 2.05) is 0 Å². The normalized spacial score (nSPS) is 13.5. The highest BCUT2D eigenvalue weighted by atomic mass is 15.2. The van der Waals surface area contributed by atoms with E-state index in [0.29, 0.717) is 0 Å². The summed E-state index contributed by atoms with van der Waals surface area (Å²) in [6.45, 7) is 21.0. The molecule has 0 fully saturated rings. The van der Waals surface area contributed by atoms with E-state index in [0.717, 1.165) is 17.1 Å². The summed E-state index contributed by atoms with van der Waals surface area (Å²) < 4.78 is 2.72. The summed E-state index contributed by atoms with van der Waals surface area (Å²) in [6, 6.07) is 67.0. The highest BCUT2D eigenvalue weighted by Gasteiger charge is 2.44. The number of hydrogen-bond acceptors (Lipinski definition) is 2. The van der Waals surface area contributed by atoms with Gasteiger partial charge in [0.2, 0.25) is 0 Å². The summed E-state index contributed by atoms with van der Waals surface area (Å²) in [5.74, 6) is 0. The average molecular weight is 854 g/mol. The SMILES string of the molecule is CC(C)(C)c1cc(N2c3cc(N(c4ccccc4)c4ccccc4)cc4c3B(c3c2ccc2cc5ccccc5cc32)n2c3ccc(C(C)(C)C)cc3c3cccc-4c32)cc(C(C)(C)C)c1. The Morgan fingerprint density at radius 1 is 0.394 bits per heavy atom. The van der Waals surface area contributed by atoms with E-state index in [9.17, 15) is 0 Å². The molecule has 0 spiro atoms. The van der Waals surface area contributed by atoms with E-state index in [1.165, 1.54) is 99.2 Å². The van der Waals surface area contributed by atoms with Crippen LogP contribution in [-0.4, -0.2) is 11.3 Å². The van der Waals surface area contributed by atoms with Crippen molar-refractivity contribution in [1.82, 2.24) is 4.48 Å². The van der Waals surface area contributed by atoms with Gasteiger partial charge in [-0.05, 0) is 150 Å². The molecular formula is C62H56BN3. The van der Waals surface area contributed by atoms with Crippen LogP contribution in [0.25, 0.3) is 54.5 Å². The summed E-state index contributed by atoms with van der Waals surface area (Å²) in [4.78, 5) is 5.08. The lowest BCUT2D eigenvalue weighted by atomic mass is 9.44. The first-order chi connectivity index (χ1) is 31.6. The highest BCUT2D eigenvalue weighted by Crippen LogP contribution is 2.50. The van der Waals surface area contributed by atoms with Gasteiger partial charge < -0.3 is 14.3 Å². The van der Waals surface area contributed by atoms with Gasteiger partial charge in [0, 0.05) is 61.5 Å². The molecular weight excluding hydrogens is 798 g/mol. The lowest BCUT2D eigenvalue weighted by Gasteiger charge is -2.42. The predicted molar refractivity (Wildman–Crippen MR) is 286 cm³/mol. The van der Waals surface area contributed by atoms with Gasteiger partial charge >= 0.3 is 6.85 Å². The molecule has 2 aliphatic heterocycles. The molecule has 9 aromatic carbocycles. The molecule has 2 aliphatic rings. The van der Waals surface area contributed by atoms with Crippen LogP contribution in [0.5, 0.6) is 0 Å². The fourth-order valence-corrected chi connectivity index (χ4v) is 11.0. The Balaban J connectivity index is 1.28. The standard InChI is InChI=1S/C62H56BN3/c1-60(2,3)42-28-30-54-52(36-42)49-25-18-26-50-53-37-48(64(45-21-12-10-13-22-45)46-23-14-11-15-24-46)38-56-58(53)63(66(54)59(49)50)57-51-32-40-20-17-16-19-39(40)31-41(51)27-29-55(57)65(56)47-34-43(61(4,5)6)33-44(35-47)62(7,8)9/h10-38H,1-9H3. The van der Waals surface area contributed by atoms with Gasteiger partial charge in [0.1, 0.15) is 0 Å². The Hall–Kier alpha value is -7.04. The molecule has 0 saturated carbocycles. The van der Waals surface area contributed by atoms with Gasteiger partial charge in [-0.1, -0.05) is 159 Å². The van der Waals surface area contributed by atoms with Crippen molar-refractivity contribution in [2.75, 3.05) is 9.80 Å². The van der Waals surface area contributed by atoms with E-state index >= 15 is 0 Å². The quantitative estimate of drug-likeness (QED) is 0.129. The molecule has 12 rings (SSSR count). The lowest BCUT2D eigenvalue weighted by Crippen LogP contribution is -2.57. The summed E-state index contributed by atoms with van der Waals surface area (Å²) in [7, 11) is 0. The van der Waals surface area contributed by atoms with Crippen LogP contribution in [-0.2, 0) is 16.2 Å². The summed E-state index contributed by atoms with van der Waals surface area (Å²) in [5.41, 5.74) is 18.7. The van der Waals surface area contributed by atoms with Crippen molar-refractivity contribution in [2.45, 2.75) is 78.6 Å². The van der Waals surface area contributed by atoms with Crippen molar-refractivity contribution in [3.8, 4) is 11.1 Å². The Kier molecular flexibility index (Phi) is 8.73. The van der Waals surface area contributed by atoms with Crippen molar-refractivity contribution in [3.63, 3.8) is 0 Å². The largest absolute Gasteiger partial charge is 0.375 e. The molecule has 0 atom stereocenters. The summed E-state index contributed by atoms with van der Waals surface area (Å²) in [5, 5.41) is 7.68. The number of nitrogens with zero attached hydrogens (tertiary/aromatic N) is 3. The fraction of sp³-hybridized carbons (Fsp3) is 0.194. The summed E-state index contributed by atoms with van der Waals surface area (Å²) >= 11 is 0. The third-order valence-corrected chi connectivity index (χ3v) is 14.5. The Morgan fingerprint density at radius 3 is 1.65 bits per heavy atom. The first-order valence-corrected chi connectivity index (χ1v) is 23.7. The van der Waals surface area contributed by atoms with Gasteiger partial charge in [0.05, 0.1) is 0 Å². The van der Waals surface area contributed by atoms with Crippen molar-refractivity contribution >= 4 is 95.2 Å². The molecule has 3 nitrogen and oxygen atoms in total. The second-order valence-electron chi connectivity index (χ2n) is 21.9. The maximum absolute atomic E-state index is 2.72. The topological polar surface area (TPSA) is 11.4 Å². The van der Waals surface area contributed by atoms with E-state index < -0.39 is 0 Å². The van der Waals surface area contributed by atoms with Gasteiger partial charge in [-0.25, -0.2) is 0 Å². The molecule has 0 radical (unpaired) electrons. The second-order valence-corrected chi connectivity index (χ2v) is 21.9. The number of aromatic nitrogens is 1. The Bertz CT molecular complexity index is 3530. The zero-order chi connectivity index (χ0) is 45.4. The molecule has 10 aromatic rings. The van der Waals surface area contributed by atoms with E-state index in [2.05, 4.69) is 253 Å². The number of fused-ring (bicyclic) bond motifs is 10. The van der Waals surface area contributed by atoms with Gasteiger partial charge in [0.15, 0.2) is 0 Å². The van der Waals surface area contributed by atoms with E-state index in [4.69, 9.17) is 0 Å². The predicted octanol–water partition coefficient (Wildman–Crippen LogP) is 15.9. The van der Waals surface area contributed by atoms with Crippen LogP contribution in [0.2, 0.25) is 0 Å². The molecule has 0 bridgehead atoms. The van der Waals surface area contributed by atoms with Gasteiger partial charge in [0.25, 0.3) is 0 Å². The third-order valence-electron chi connectivity index (χ3n) is 14.5. The molecule has 0 unspecified atom stereocenters. The van der Waals surface area contributed by atoms with Crippen molar-refractivity contribution in [3.05, 3.63) is 193 Å². The molecule has 0 N–H and O–H groups in total. The molecule has 66 heavy (non-hydrogen) atoms. The molecule has 322 valence electrons. The molecule has 0 aliphatic carbocycles. The number of para-hydroxylation sites is 3. The molecule has 3 heterocycles. The van der Waals surface area contributed by atoms with Crippen molar-refractivity contribution < 1.29 is 0 Å². The van der Waals surface area contributed by atoms with Gasteiger partial charge in [-0.15, -0.1) is 0 Å². The number of hydrogen-bond donors (Lipinski definition) is 0. The molecule has 0 saturated heterocycles. The monoisotopic (exact) mass is 853 g/mol. The van der Waals surface area contributed by atoms with E-state index in [-0.39, 0.29) is 23.1 Å². The number of rotatable bonds is 4. The first-order valence-electron chi connectivity index (χ1n) is 23.7. The zero-order valence-corrected chi connectivity index (χ0v) is 39.7. The molecule has 1 aromatic heterocycles. The first kappa shape index (κ1) is 40.5. The second kappa shape index (κ2) is 14.2. The average Bonchev–Trinajstić information content (AvgIpc) is 3.63. The number of benzene rings is 9. The number of anilines is 6. The van der Waals surface area contributed by atoms with Crippen LogP contribution in [0.4, 0.5) is 34.1 Å². The van der Waals surface area contributed by atoms with Crippen LogP contribution < -0.4 is 20.7 Å². The highest BCUT2D eigenvalue weighted by molar-refractivity contribution is 6.91. The van der Waals surface area contributed by atoms with Gasteiger partial charge in [-0.2, -0.15) is 0 Å². The maximum atomic E-state index is 2.72. The minimum absolute atomic E-state index is 0.00642. The lowest BCUT2D eigenvalue weighted by molar-refractivity contribution is 0.569. The fourth-order valence-electron chi connectivity index (χ4n) is 11.0. The van der Waals surface area contributed by atoms with Gasteiger partial charge in [-0.3, -0.25) is 0 Å². The third kappa shape index (κ3) is 6.18. The van der Waals surface area contributed by atoms with Crippen LogP contribution in [0, 0.1) is 0 Å². The molecule has 0 amide bonds. The zero-order valence-electron chi connectivity index (χ0n) is 39.7.